The van der Waals surface area contributed by atoms with Crippen molar-refractivity contribution < 1.29 is 4.79 Å². The first-order valence-electron chi connectivity index (χ1n) is 12.5. The van der Waals surface area contributed by atoms with Gasteiger partial charge in [-0.3, -0.25) is 9.69 Å². The van der Waals surface area contributed by atoms with Crippen LogP contribution in [0, 0.1) is 17.8 Å². The van der Waals surface area contributed by atoms with Crippen LogP contribution in [-0.4, -0.2) is 41.9 Å². The highest BCUT2D eigenvalue weighted by Crippen LogP contribution is 2.43. The molecule has 2 saturated heterocycles. The Balaban J connectivity index is 1.19. The molecular formula is C29H36N2O. The molecule has 168 valence electrons. The number of fused-ring (bicyclic) bond motifs is 1. The zero-order chi connectivity index (χ0) is 22.1. The zero-order valence-electron chi connectivity index (χ0n) is 19.5. The van der Waals surface area contributed by atoms with E-state index in [2.05, 4.69) is 70.5 Å². The zero-order valence-corrected chi connectivity index (χ0v) is 19.5. The SMILES string of the molecule is CC(C)C(=O)N1CC2CC=C(c3ccc(CCN4CCCC4c4ccccc4)cc3)C2C1. The minimum absolute atomic E-state index is 0.0950. The van der Waals surface area contributed by atoms with Crippen molar-refractivity contribution in [3.05, 3.63) is 77.4 Å². The van der Waals surface area contributed by atoms with Crippen molar-refractivity contribution in [2.45, 2.75) is 45.6 Å². The van der Waals surface area contributed by atoms with Crippen LogP contribution in [0.25, 0.3) is 5.57 Å². The van der Waals surface area contributed by atoms with Crippen molar-refractivity contribution in [2.75, 3.05) is 26.2 Å². The number of amides is 1. The molecule has 2 fully saturated rings. The van der Waals surface area contributed by atoms with E-state index >= 15 is 0 Å². The van der Waals surface area contributed by atoms with Gasteiger partial charge in [0.1, 0.15) is 0 Å². The van der Waals surface area contributed by atoms with Crippen LogP contribution in [0.4, 0.5) is 0 Å². The summed E-state index contributed by atoms with van der Waals surface area (Å²) >= 11 is 0. The summed E-state index contributed by atoms with van der Waals surface area (Å²) in [6.45, 7) is 8.17. The van der Waals surface area contributed by atoms with Gasteiger partial charge in [0, 0.05) is 37.5 Å². The molecule has 2 heterocycles. The molecule has 0 aromatic heterocycles. The smallest absolute Gasteiger partial charge is 0.225 e. The number of nitrogens with zero attached hydrogens (tertiary/aromatic N) is 2. The molecule has 2 aromatic rings. The van der Waals surface area contributed by atoms with E-state index in [1.165, 1.54) is 41.6 Å². The van der Waals surface area contributed by atoms with Gasteiger partial charge in [-0.2, -0.15) is 0 Å². The molecule has 3 aliphatic rings. The second-order valence-corrected chi connectivity index (χ2v) is 10.2. The molecule has 0 bridgehead atoms. The van der Waals surface area contributed by atoms with Crippen molar-refractivity contribution in [1.82, 2.24) is 9.80 Å². The lowest BCUT2D eigenvalue weighted by Crippen LogP contribution is -2.32. The molecule has 0 radical (unpaired) electrons. The van der Waals surface area contributed by atoms with Crippen LogP contribution in [0.1, 0.15) is 55.8 Å². The molecule has 3 unspecified atom stereocenters. The number of hydrogen-bond donors (Lipinski definition) is 0. The van der Waals surface area contributed by atoms with Crippen LogP contribution in [0.15, 0.2) is 60.7 Å². The summed E-state index contributed by atoms with van der Waals surface area (Å²) in [5, 5.41) is 0. The molecule has 1 amide bonds. The largest absolute Gasteiger partial charge is 0.342 e. The lowest BCUT2D eigenvalue weighted by atomic mass is 9.90. The standard InChI is InChI=1S/C29H36N2O/c1-21(2)29(32)31-19-25-14-15-26(27(25)20-31)23-12-10-22(11-13-23)16-18-30-17-6-9-28(30)24-7-4-3-5-8-24/h3-5,7-8,10-13,15,21,25,27-28H,6,9,14,16-20H2,1-2H3. The summed E-state index contributed by atoms with van der Waals surface area (Å²) in [6.07, 6.45) is 7.21. The predicted octanol–water partition coefficient (Wildman–Crippen LogP) is 5.58. The van der Waals surface area contributed by atoms with E-state index in [9.17, 15) is 4.79 Å². The van der Waals surface area contributed by atoms with Gasteiger partial charge in [-0.05, 0) is 60.4 Å². The van der Waals surface area contributed by atoms with Crippen LogP contribution in [-0.2, 0) is 11.2 Å². The highest BCUT2D eigenvalue weighted by atomic mass is 16.2. The third-order valence-corrected chi connectivity index (χ3v) is 7.81. The van der Waals surface area contributed by atoms with E-state index in [1.54, 1.807) is 0 Å². The molecule has 32 heavy (non-hydrogen) atoms. The van der Waals surface area contributed by atoms with Crippen molar-refractivity contribution in [3.8, 4) is 0 Å². The first kappa shape index (κ1) is 21.5. The highest BCUT2D eigenvalue weighted by Gasteiger charge is 2.40. The Kier molecular flexibility index (Phi) is 6.19. The van der Waals surface area contributed by atoms with E-state index in [-0.39, 0.29) is 5.92 Å². The molecule has 0 saturated carbocycles. The third-order valence-electron chi connectivity index (χ3n) is 7.81. The average Bonchev–Trinajstić information content (AvgIpc) is 3.54. The second kappa shape index (κ2) is 9.23. The van der Waals surface area contributed by atoms with Gasteiger partial charge in [-0.1, -0.05) is 74.5 Å². The maximum absolute atomic E-state index is 12.5. The minimum atomic E-state index is 0.0950. The summed E-state index contributed by atoms with van der Waals surface area (Å²) in [5.41, 5.74) is 5.70. The summed E-state index contributed by atoms with van der Waals surface area (Å²) in [4.78, 5) is 17.2. The van der Waals surface area contributed by atoms with Crippen molar-refractivity contribution >= 4 is 11.5 Å². The van der Waals surface area contributed by atoms with Gasteiger partial charge in [0.2, 0.25) is 5.91 Å². The maximum atomic E-state index is 12.5. The number of allylic oxidation sites excluding steroid dienone is 1. The van der Waals surface area contributed by atoms with E-state index in [1.807, 2.05) is 13.8 Å². The number of hydrogen-bond acceptors (Lipinski definition) is 2. The van der Waals surface area contributed by atoms with E-state index in [4.69, 9.17) is 0 Å². The second-order valence-electron chi connectivity index (χ2n) is 10.2. The number of rotatable bonds is 6. The highest BCUT2D eigenvalue weighted by molar-refractivity contribution is 5.80. The van der Waals surface area contributed by atoms with Gasteiger partial charge in [0.05, 0.1) is 0 Å². The molecule has 5 rings (SSSR count). The summed E-state index contributed by atoms with van der Waals surface area (Å²) in [5.74, 6) is 1.53. The fourth-order valence-electron chi connectivity index (χ4n) is 6.05. The van der Waals surface area contributed by atoms with Crippen LogP contribution in [0.3, 0.4) is 0 Å². The monoisotopic (exact) mass is 428 g/mol. The fourth-order valence-corrected chi connectivity index (χ4v) is 6.05. The van der Waals surface area contributed by atoms with Gasteiger partial charge >= 0.3 is 0 Å². The topological polar surface area (TPSA) is 23.6 Å². The Labute approximate surface area is 193 Å². The molecule has 2 aromatic carbocycles. The van der Waals surface area contributed by atoms with E-state index < -0.39 is 0 Å². The van der Waals surface area contributed by atoms with Crippen LogP contribution >= 0.6 is 0 Å². The number of likely N-dealkylation sites (tertiary alicyclic amines) is 2. The van der Waals surface area contributed by atoms with Gasteiger partial charge in [-0.15, -0.1) is 0 Å². The normalized spacial score (nSPS) is 25.4. The average molecular weight is 429 g/mol. The summed E-state index contributed by atoms with van der Waals surface area (Å²) < 4.78 is 0. The Hall–Kier alpha value is -2.39. The van der Waals surface area contributed by atoms with Crippen LogP contribution in [0.5, 0.6) is 0 Å². The molecule has 0 N–H and O–H groups in total. The van der Waals surface area contributed by atoms with Gasteiger partial charge in [0.25, 0.3) is 0 Å². The number of benzene rings is 2. The fraction of sp³-hybridized carbons (Fsp3) is 0.483. The first-order valence-corrected chi connectivity index (χ1v) is 12.5. The van der Waals surface area contributed by atoms with Crippen molar-refractivity contribution in [3.63, 3.8) is 0 Å². The molecular weight excluding hydrogens is 392 g/mol. The van der Waals surface area contributed by atoms with Gasteiger partial charge in [-0.25, -0.2) is 0 Å². The molecule has 3 nitrogen and oxygen atoms in total. The predicted molar refractivity (Wildman–Crippen MR) is 131 cm³/mol. The van der Waals surface area contributed by atoms with Crippen LogP contribution in [0.2, 0.25) is 0 Å². The minimum Gasteiger partial charge on any atom is -0.342 e. The lowest BCUT2D eigenvalue weighted by Gasteiger charge is -2.25. The van der Waals surface area contributed by atoms with Crippen molar-refractivity contribution in [1.29, 1.82) is 0 Å². The molecule has 0 spiro atoms. The molecule has 2 aliphatic heterocycles. The Morgan fingerprint density at radius 1 is 1.03 bits per heavy atom. The maximum Gasteiger partial charge on any atom is 0.225 e. The molecule has 1 aliphatic carbocycles. The van der Waals surface area contributed by atoms with Crippen LogP contribution < -0.4 is 0 Å². The first-order chi connectivity index (χ1) is 15.6. The summed E-state index contributed by atoms with van der Waals surface area (Å²) in [6, 6.07) is 20.8. The number of carbonyl (C=O) groups excluding carboxylic acids is 1. The van der Waals surface area contributed by atoms with Crippen molar-refractivity contribution in [2.24, 2.45) is 17.8 Å². The Morgan fingerprint density at radius 2 is 1.81 bits per heavy atom. The van der Waals surface area contributed by atoms with Gasteiger partial charge < -0.3 is 4.90 Å². The Morgan fingerprint density at radius 3 is 2.56 bits per heavy atom. The van der Waals surface area contributed by atoms with E-state index in [0.717, 1.165) is 32.5 Å². The molecule has 3 heteroatoms. The van der Waals surface area contributed by atoms with E-state index in [0.29, 0.717) is 23.8 Å². The lowest BCUT2D eigenvalue weighted by molar-refractivity contribution is -0.133. The number of carbonyl (C=O) groups is 1. The van der Waals surface area contributed by atoms with Gasteiger partial charge in [0.15, 0.2) is 0 Å². The quantitative estimate of drug-likeness (QED) is 0.599. The Bertz CT molecular complexity index is 962. The summed E-state index contributed by atoms with van der Waals surface area (Å²) in [7, 11) is 0. The third kappa shape index (κ3) is 4.28. The molecule has 3 atom stereocenters.